The van der Waals surface area contributed by atoms with E-state index in [2.05, 4.69) is 35.3 Å². The molecular weight excluding hydrogens is 310 g/mol. The SMILES string of the molecule is C[C@@H](C(=O)Nc1ccc(Cl)cc1)[NH+]1CCC[C@@H]1c1cccn1C. The minimum Gasteiger partial charge on any atom is -0.350 e. The average molecular weight is 333 g/mol. The fraction of sp³-hybridized carbons (Fsp3) is 0.389. The summed E-state index contributed by atoms with van der Waals surface area (Å²) in [5.41, 5.74) is 2.10. The van der Waals surface area contributed by atoms with E-state index < -0.39 is 0 Å². The lowest BCUT2D eigenvalue weighted by Gasteiger charge is -2.27. The minimum absolute atomic E-state index is 0.0587. The van der Waals surface area contributed by atoms with E-state index >= 15 is 0 Å². The molecule has 1 aliphatic rings. The molecule has 0 saturated carbocycles. The topological polar surface area (TPSA) is 38.5 Å². The van der Waals surface area contributed by atoms with Crippen molar-refractivity contribution in [3.8, 4) is 0 Å². The van der Waals surface area contributed by atoms with Gasteiger partial charge in [-0.2, -0.15) is 0 Å². The molecule has 2 aromatic rings. The zero-order chi connectivity index (χ0) is 16.4. The number of amides is 1. The van der Waals surface area contributed by atoms with Crippen molar-refractivity contribution in [3.63, 3.8) is 0 Å². The van der Waals surface area contributed by atoms with Gasteiger partial charge in [0.15, 0.2) is 6.04 Å². The van der Waals surface area contributed by atoms with Gasteiger partial charge in [0, 0.05) is 36.8 Å². The van der Waals surface area contributed by atoms with Crippen LogP contribution < -0.4 is 10.2 Å². The highest BCUT2D eigenvalue weighted by Crippen LogP contribution is 2.20. The van der Waals surface area contributed by atoms with Crippen molar-refractivity contribution in [2.24, 2.45) is 7.05 Å². The van der Waals surface area contributed by atoms with Crippen LogP contribution >= 0.6 is 11.6 Å². The number of rotatable bonds is 4. The smallest absolute Gasteiger partial charge is 0.282 e. The van der Waals surface area contributed by atoms with Crippen molar-refractivity contribution in [1.29, 1.82) is 0 Å². The lowest BCUT2D eigenvalue weighted by atomic mass is 10.1. The first-order chi connectivity index (χ1) is 11.1. The first-order valence-electron chi connectivity index (χ1n) is 8.09. The van der Waals surface area contributed by atoms with E-state index in [9.17, 15) is 4.79 Å². The van der Waals surface area contributed by atoms with Gasteiger partial charge < -0.3 is 14.8 Å². The van der Waals surface area contributed by atoms with Gasteiger partial charge in [-0.3, -0.25) is 4.79 Å². The summed E-state index contributed by atoms with van der Waals surface area (Å²) in [7, 11) is 2.07. The minimum atomic E-state index is -0.0897. The van der Waals surface area contributed by atoms with Gasteiger partial charge in [-0.1, -0.05) is 11.6 Å². The molecule has 1 aliphatic heterocycles. The van der Waals surface area contributed by atoms with Crippen LogP contribution in [0.4, 0.5) is 5.69 Å². The highest BCUT2D eigenvalue weighted by atomic mass is 35.5. The van der Waals surface area contributed by atoms with E-state index in [4.69, 9.17) is 11.6 Å². The molecule has 1 fully saturated rings. The maximum atomic E-state index is 12.6. The Kier molecular flexibility index (Phi) is 4.74. The number of hydrogen-bond donors (Lipinski definition) is 2. The molecular formula is C18H23ClN3O+. The quantitative estimate of drug-likeness (QED) is 0.886. The Bertz CT molecular complexity index is 680. The van der Waals surface area contributed by atoms with Gasteiger partial charge >= 0.3 is 0 Å². The highest BCUT2D eigenvalue weighted by Gasteiger charge is 2.38. The highest BCUT2D eigenvalue weighted by molar-refractivity contribution is 6.30. The molecule has 0 spiro atoms. The van der Waals surface area contributed by atoms with Crippen molar-refractivity contribution in [2.45, 2.75) is 31.8 Å². The Morgan fingerprint density at radius 3 is 2.74 bits per heavy atom. The molecule has 2 heterocycles. The Labute approximate surface area is 142 Å². The number of aromatic nitrogens is 1. The monoisotopic (exact) mass is 332 g/mol. The molecule has 3 rings (SSSR count). The van der Waals surface area contributed by atoms with Gasteiger partial charge in [-0.15, -0.1) is 0 Å². The summed E-state index contributed by atoms with van der Waals surface area (Å²) in [6, 6.07) is 11.8. The summed E-state index contributed by atoms with van der Waals surface area (Å²) < 4.78 is 2.17. The van der Waals surface area contributed by atoms with E-state index in [0.717, 1.165) is 25.1 Å². The molecule has 1 aromatic heterocycles. The van der Waals surface area contributed by atoms with Crippen molar-refractivity contribution >= 4 is 23.2 Å². The van der Waals surface area contributed by atoms with Gasteiger partial charge in [-0.25, -0.2) is 0 Å². The third kappa shape index (κ3) is 3.43. The summed E-state index contributed by atoms with van der Waals surface area (Å²) >= 11 is 5.89. The largest absolute Gasteiger partial charge is 0.350 e. The molecule has 1 unspecified atom stereocenters. The van der Waals surface area contributed by atoms with Crippen molar-refractivity contribution in [2.75, 3.05) is 11.9 Å². The van der Waals surface area contributed by atoms with Crippen LogP contribution in [0.15, 0.2) is 42.6 Å². The summed E-state index contributed by atoms with van der Waals surface area (Å²) in [6.45, 7) is 3.05. The maximum Gasteiger partial charge on any atom is 0.282 e. The number of likely N-dealkylation sites (tertiary alicyclic amines) is 1. The van der Waals surface area contributed by atoms with Gasteiger partial charge in [0.1, 0.15) is 6.04 Å². The van der Waals surface area contributed by atoms with Crippen LogP contribution in [0.25, 0.3) is 0 Å². The molecule has 4 nitrogen and oxygen atoms in total. The molecule has 1 aromatic carbocycles. The van der Waals surface area contributed by atoms with Crippen LogP contribution in [0.2, 0.25) is 5.02 Å². The van der Waals surface area contributed by atoms with E-state index in [1.54, 1.807) is 12.1 Å². The second-order valence-corrected chi connectivity index (χ2v) is 6.72. The number of carbonyl (C=O) groups is 1. The molecule has 1 amide bonds. The Morgan fingerprint density at radius 1 is 1.35 bits per heavy atom. The predicted molar refractivity (Wildman–Crippen MR) is 92.8 cm³/mol. The molecule has 0 radical (unpaired) electrons. The number of hydrogen-bond acceptors (Lipinski definition) is 1. The first kappa shape index (κ1) is 16.1. The summed E-state index contributed by atoms with van der Waals surface area (Å²) in [5.74, 6) is 0.0587. The van der Waals surface area contributed by atoms with E-state index in [1.807, 2.05) is 19.1 Å². The molecule has 1 saturated heterocycles. The molecule has 2 N–H and O–H groups in total. The van der Waals surface area contributed by atoms with Gasteiger partial charge in [0.05, 0.1) is 12.2 Å². The standard InChI is InChI=1S/C18H22ClN3O/c1-13(18(23)20-15-9-7-14(19)8-10-15)22-12-4-6-17(22)16-5-3-11-21(16)2/h3,5,7-11,13,17H,4,6,12H2,1-2H3,(H,20,23)/p+1/t13-,17+/m0/s1. The molecule has 23 heavy (non-hydrogen) atoms. The van der Waals surface area contributed by atoms with Crippen LogP contribution in [0.1, 0.15) is 31.5 Å². The molecule has 5 heteroatoms. The lowest BCUT2D eigenvalue weighted by Crippen LogP contribution is -3.15. The number of anilines is 1. The third-order valence-corrected chi connectivity index (χ3v) is 5.06. The van der Waals surface area contributed by atoms with E-state index in [-0.39, 0.29) is 11.9 Å². The Balaban J connectivity index is 1.71. The van der Waals surface area contributed by atoms with E-state index in [0.29, 0.717) is 11.1 Å². The van der Waals surface area contributed by atoms with Crippen molar-refractivity contribution < 1.29 is 9.69 Å². The Hall–Kier alpha value is -1.78. The predicted octanol–water partition coefficient (Wildman–Crippen LogP) is 2.43. The first-order valence-corrected chi connectivity index (χ1v) is 8.47. The van der Waals surface area contributed by atoms with Crippen LogP contribution in [0, 0.1) is 0 Å². The fourth-order valence-electron chi connectivity index (χ4n) is 3.51. The van der Waals surface area contributed by atoms with Crippen LogP contribution in [-0.2, 0) is 11.8 Å². The number of quaternary nitrogens is 1. The number of halogens is 1. The second kappa shape index (κ2) is 6.77. The van der Waals surface area contributed by atoms with Crippen LogP contribution in [0.3, 0.4) is 0 Å². The van der Waals surface area contributed by atoms with Crippen molar-refractivity contribution in [1.82, 2.24) is 4.57 Å². The van der Waals surface area contributed by atoms with Crippen LogP contribution in [0.5, 0.6) is 0 Å². The molecule has 0 aliphatic carbocycles. The zero-order valence-electron chi connectivity index (χ0n) is 13.6. The lowest BCUT2D eigenvalue weighted by molar-refractivity contribution is -0.932. The molecule has 3 atom stereocenters. The van der Waals surface area contributed by atoms with E-state index in [1.165, 1.54) is 10.6 Å². The summed E-state index contributed by atoms with van der Waals surface area (Å²) in [4.78, 5) is 14.0. The van der Waals surface area contributed by atoms with Crippen LogP contribution in [-0.4, -0.2) is 23.1 Å². The van der Waals surface area contributed by atoms with Crippen molar-refractivity contribution in [3.05, 3.63) is 53.3 Å². The average Bonchev–Trinajstić information content (AvgIpc) is 3.17. The normalized spacial score (nSPS) is 22.0. The van der Waals surface area contributed by atoms with Gasteiger partial charge in [-0.05, 0) is 43.3 Å². The number of nitrogens with zero attached hydrogens (tertiary/aromatic N) is 1. The molecule has 0 bridgehead atoms. The summed E-state index contributed by atoms with van der Waals surface area (Å²) in [6.07, 6.45) is 4.36. The molecule has 122 valence electrons. The fourth-order valence-corrected chi connectivity index (χ4v) is 3.64. The Morgan fingerprint density at radius 2 is 2.09 bits per heavy atom. The maximum absolute atomic E-state index is 12.6. The number of aryl methyl sites for hydroxylation is 1. The third-order valence-electron chi connectivity index (χ3n) is 4.81. The van der Waals surface area contributed by atoms with Gasteiger partial charge in [0.25, 0.3) is 5.91 Å². The second-order valence-electron chi connectivity index (χ2n) is 6.28. The number of carbonyl (C=O) groups excluding carboxylic acids is 1. The zero-order valence-corrected chi connectivity index (χ0v) is 14.3. The van der Waals surface area contributed by atoms with Gasteiger partial charge in [0.2, 0.25) is 0 Å². The number of nitrogens with one attached hydrogen (secondary N) is 2. The summed E-state index contributed by atoms with van der Waals surface area (Å²) in [5, 5.41) is 3.67. The number of benzene rings is 1.